The topological polar surface area (TPSA) is 72.3 Å². The van der Waals surface area contributed by atoms with Crippen LogP contribution in [0.25, 0.3) is 0 Å². The Hall–Kier alpha value is -0.570. The molecule has 0 aromatic heterocycles. The molecule has 0 aliphatic heterocycles. The summed E-state index contributed by atoms with van der Waals surface area (Å²) >= 11 is 0. The van der Waals surface area contributed by atoms with Crippen molar-refractivity contribution in [2.75, 3.05) is 0 Å². The third-order valence-electron chi connectivity index (χ3n) is 4.52. The van der Waals surface area contributed by atoms with E-state index in [1.807, 2.05) is 0 Å². The molecular formula is C16H35NO2. The molecule has 0 saturated carbocycles. The van der Waals surface area contributed by atoms with Crippen molar-refractivity contribution in [3.05, 3.63) is 0 Å². The van der Waals surface area contributed by atoms with Crippen molar-refractivity contribution in [1.29, 1.82) is 0 Å². The van der Waals surface area contributed by atoms with Gasteiger partial charge in [0, 0.05) is 0 Å². The van der Waals surface area contributed by atoms with E-state index in [1.54, 1.807) is 0 Å². The quantitative estimate of drug-likeness (QED) is 0.557. The number of hydrogen-bond acceptors (Lipinski definition) is 2. The van der Waals surface area contributed by atoms with E-state index < -0.39 is 11.4 Å². The summed E-state index contributed by atoms with van der Waals surface area (Å²) in [7, 11) is 0. The maximum atomic E-state index is 12.0. The summed E-state index contributed by atoms with van der Waals surface area (Å²) in [5, 5.41) is 9.87. The number of carboxylic acid groups (broad SMARTS) is 1. The van der Waals surface area contributed by atoms with Crippen LogP contribution in [-0.4, -0.2) is 11.1 Å². The van der Waals surface area contributed by atoms with Gasteiger partial charge in [0.05, 0.1) is 5.41 Å². The van der Waals surface area contributed by atoms with Crippen LogP contribution in [0.4, 0.5) is 0 Å². The van der Waals surface area contributed by atoms with E-state index in [9.17, 15) is 9.90 Å². The Balaban J connectivity index is 0. The molecular weight excluding hydrogens is 238 g/mol. The van der Waals surface area contributed by atoms with Gasteiger partial charge in [-0.15, -0.1) is 0 Å². The zero-order chi connectivity index (χ0) is 14.2. The Kier molecular flexibility index (Phi) is 10.2. The standard InChI is InChI=1S/C16H32O2.H3N/c1-6-10-15(5,11-7-2)16(12-8-3,13-9-4)14(17)18;/h6-13H2,1-5H3,(H,17,18);1H3. The fourth-order valence-electron chi connectivity index (χ4n) is 3.76. The second-order valence-corrected chi connectivity index (χ2v) is 5.95. The molecule has 3 heteroatoms. The van der Waals surface area contributed by atoms with Gasteiger partial charge in [-0.05, 0) is 31.1 Å². The molecule has 0 spiro atoms. The summed E-state index contributed by atoms with van der Waals surface area (Å²) < 4.78 is 0. The molecule has 0 bridgehead atoms. The molecule has 0 aliphatic carbocycles. The molecule has 0 fully saturated rings. The molecule has 116 valence electrons. The lowest BCUT2D eigenvalue weighted by atomic mass is 9.56. The highest BCUT2D eigenvalue weighted by Crippen LogP contribution is 2.52. The van der Waals surface area contributed by atoms with Gasteiger partial charge in [0.1, 0.15) is 0 Å². The average Bonchev–Trinajstić information content (AvgIpc) is 2.28. The highest BCUT2D eigenvalue weighted by atomic mass is 16.4. The van der Waals surface area contributed by atoms with Crippen LogP contribution in [0.2, 0.25) is 0 Å². The van der Waals surface area contributed by atoms with E-state index in [0.29, 0.717) is 0 Å². The molecule has 0 unspecified atom stereocenters. The van der Waals surface area contributed by atoms with Gasteiger partial charge in [0.15, 0.2) is 0 Å². The van der Waals surface area contributed by atoms with Gasteiger partial charge in [-0.2, -0.15) is 0 Å². The minimum Gasteiger partial charge on any atom is -0.481 e. The zero-order valence-corrected chi connectivity index (χ0v) is 13.7. The summed E-state index contributed by atoms with van der Waals surface area (Å²) in [6.45, 7) is 10.7. The van der Waals surface area contributed by atoms with Crippen LogP contribution >= 0.6 is 0 Å². The van der Waals surface area contributed by atoms with E-state index in [1.165, 1.54) is 0 Å². The predicted molar refractivity (Wildman–Crippen MR) is 82.8 cm³/mol. The summed E-state index contributed by atoms with van der Waals surface area (Å²) in [4.78, 5) is 12.0. The van der Waals surface area contributed by atoms with Gasteiger partial charge in [0.2, 0.25) is 0 Å². The van der Waals surface area contributed by atoms with Gasteiger partial charge < -0.3 is 11.3 Å². The van der Waals surface area contributed by atoms with E-state index in [2.05, 4.69) is 34.6 Å². The number of rotatable bonds is 10. The van der Waals surface area contributed by atoms with E-state index in [-0.39, 0.29) is 11.6 Å². The largest absolute Gasteiger partial charge is 0.481 e. The van der Waals surface area contributed by atoms with Crippen LogP contribution in [-0.2, 0) is 4.79 Å². The second-order valence-electron chi connectivity index (χ2n) is 5.95. The van der Waals surface area contributed by atoms with Crippen LogP contribution in [0.3, 0.4) is 0 Å². The number of carbonyl (C=O) groups is 1. The Morgan fingerprint density at radius 3 is 1.37 bits per heavy atom. The van der Waals surface area contributed by atoms with E-state index in [0.717, 1.165) is 51.4 Å². The van der Waals surface area contributed by atoms with Gasteiger partial charge >= 0.3 is 5.97 Å². The summed E-state index contributed by atoms with van der Waals surface area (Å²) in [5.41, 5.74) is -0.586. The molecule has 0 aliphatic rings. The van der Waals surface area contributed by atoms with Crippen LogP contribution in [0.1, 0.15) is 86.0 Å². The lowest BCUT2D eigenvalue weighted by Gasteiger charge is -2.46. The Morgan fingerprint density at radius 1 is 0.842 bits per heavy atom. The highest BCUT2D eigenvalue weighted by Gasteiger charge is 2.51. The van der Waals surface area contributed by atoms with Crippen molar-refractivity contribution < 1.29 is 9.90 Å². The molecule has 4 N–H and O–H groups in total. The molecule has 3 nitrogen and oxygen atoms in total. The van der Waals surface area contributed by atoms with Gasteiger partial charge in [-0.1, -0.05) is 60.3 Å². The normalized spacial score (nSPS) is 12.1. The average molecular weight is 273 g/mol. The summed E-state index contributed by atoms with van der Waals surface area (Å²) in [5.74, 6) is -0.574. The van der Waals surface area contributed by atoms with Crippen LogP contribution in [0.15, 0.2) is 0 Å². The van der Waals surface area contributed by atoms with E-state index in [4.69, 9.17) is 0 Å². The third kappa shape index (κ3) is 4.48. The van der Waals surface area contributed by atoms with Crippen molar-refractivity contribution in [3.63, 3.8) is 0 Å². The van der Waals surface area contributed by atoms with Crippen molar-refractivity contribution in [2.45, 2.75) is 86.0 Å². The maximum Gasteiger partial charge on any atom is 0.310 e. The molecule has 0 saturated heterocycles. The zero-order valence-electron chi connectivity index (χ0n) is 13.7. The fourth-order valence-corrected chi connectivity index (χ4v) is 3.76. The second kappa shape index (κ2) is 9.35. The highest BCUT2D eigenvalue weighted by molar-refractivity contribution is 5.75. The van der Waals surface area contributed by atoms with Crippen molar-refractivity contribution in [3.8, 4) is 0 Å². The summed E-state index contributed by atoms with van der Waals surface area (Å²) in [6, 6.07) is 0. The van der Waals surface area contributed by atoms with Gasteiger partial charge in [-0.3, -0.25) is 4.79 Å². The lowest BCUT2D eigenvalue weighted by molar-refractivity contribution is -0.161. The fraction of sp³-hybridized carbons (Fsp3) is 0.938. The first-order chi connectivity index (χ1) is 8.44. The first-order valence-corrected chi connectivity index (χ1v) is 7.67. The first kappa shape index (κ1) is 20.7. The monoisotopic (exact) mass is 273 g/mol. The van der Waals surface area contributed by atoms with Crippen molar-refractivity contribution >= 4 is 5.97 Å². The van der Waals surface area contributed by atoms with Crippen LogP contribution in [0, 0.1) is 10.8 Å². The molecule has 0 rings (SSSR count). The van der Waals surface area contributed by atoms with Crippen LogP contribution in [0.5, 0.6) is 0 Å². The number of aliphatic carboxylic acids is 1. The smallest absolute Gasteiger partial charge is 0.310 e. The Bertz CT molecular complexity index is 239. The minimum atomic E-state index is -0.574. The van der Waals surface area contributed by atoms with E-state index >= 15 is 0 Å². The Labute approximate surface area is 119 Å². The van der Waals surface area contributed by atoms with Crippen molar-refractivity contribution in [1.82, 2.24) is 6.15 Å². The number of hydrogen-bond donors (Lipinski definition) is 2. The van der Waals surface area contributed by atoms with Crippen LogP contribution < -0.4 is 6.15 Å². The molecule has 0 aromatic carbocycles. The van der Waals surface area contributed by atoms with Gasteiger partial charge in [-0.25, -0.2) is 0 Å². The summed E-state index contributed by atoms with van der Waals surface area (Å²) in [6.07, 6.45) is 7.71. The molecule has 0 atom stereocenters. The maximum absolute atomic E-state index is 12.0. The molecule has 19 heavy (non-hydrogen) atoms. The molecule has 0 heterocycles. The Morgan fingerprint density at radius 2 is 1.16 bits per heavy atom. The van der Waals surface area contributed by atoms with Gasteiger partial charge in [0.25, 0.3) is 0 Å². The lowest BCUT2D eigenvalue weighted by Crippen LogP contribution is -2.46. The van der Waals surface area contributed by atoms with Crippen molar-refractivity contribution in [2.24, 2.45) is 10.8 Å². The third-order valence-corrected chi connectivity index (χ3v) is 4.52. The molecule has 0 radical (unpaired) electrons. The molecule has 0 aromatic rings. The predicted octanol–water partition coefficient (Wildman–Crippen LogP) is 5.43. The number of carboxylic acids is 1. The first-order valence-electron chi connectivity index (χ1n) is 7.67. The SMILES string of the molecule is CCCC(C)(CCC)C(CCC)(CCC)C(=O)O.N. The molecule has 0 amide bonds. The minimum absolute atomic E-state index is 0.